The summed E-state index contributed by atoms with van der Waals surface area (Å²) in [5, 5.41) is 34.1. The first-order chi connectivity index (χ1) is 16.4. The number of benzene rings is 1. The van der Waals surface area contributed by atoms with E-state index in [9.17, 15) is 39.0 Å². The fourth-order valence-corrected chi connectivity index (χ4v) is 2.89. The van der Waals surface area contributed by atoms with E-state index in [0.29, 0.717) is 5.56 Å². The third-order valence-electron chi connectivity index (χ3n) is 4.76. The Morgan fingerprint density at radius 3 is 1.89 bits per heavy atom. The molecule has 0 saturated heterocycles. The number of nitrogens with two attached hydrogens (primary N) is 2. The van der Waals surface area contributed by atoms with Gasteiger partial charge in [0.1, 0.15) is 18.1 Å². The average molecular weight is 495 g/mol. The van der Waals surface area contributed by atoms with Gasteiger partial charge in [-0.15, -0.1) is 0 Å². The molecule has 0 aliphatic heterocycles. The highest BCUT2D eigenvalue weighted by molar-refractivity contribution is 5.96. The van der Waals surface area contributed by atoms with E-state index < -0.39 is 79.2 Å². The van der Waals surface area contributed by atoms with Crippen LogP contribution in [-0.4, -0.2) is 81.7 Å². The zero-order valence-electron chi connectivity index (χ0n) is 18.7. The predicted molar refractivity (Wildman–Crippen MR) is 119 cm³/mol. The summed E-state index contributed by atoms with van der Waals surface area (Å²) in [6.45, 7) is -0.917. The highest BCUT2D eigenvalue weighted by Gasteiger charge is 2.31. The van der Waals surface area contributed by atoms with Crippen LogP contribution in [0.5, 0.6) is 0 Å². The Hall–Kier alpha value is -4.04. The Labute approximate surface area is 200 Å². The minimum Gasteiger partial charge on any atom is -0.481 e. The number of hydrogen-bond donors (Lipinski definition) is 8. The molecule has 0 heterocycles. The quantitative estimate of drug-likeness (QED) is 0.121. The van der Waals surface area contributed by atoms with Gasteiger partial charge in [-0.3, -0.25) is 24.0 Å². The van der Waals surface area contributed by atoms with Gasteiger partial charge in [0.2, 0.25) is 23.6 Å². The van der Waals surface area contributed by atoms with Crippen molar-refractivity contribution in [3.8, 4) is 0 Å². The summed E-state index contributed by atoms with van der Waals surface area (Å²) in [6, 6.07) is 2.52. The van der Waals surface area contributed by atoms with Crippen molar-refractivity contribution in [1.82, 2.24) is 16.0 Å². The standard InChI is InChI=1S/C21H29N5O9/c22-12(6-7-17(29)30)18(31)26-15(10-27)20(33)24-13(9-16(23)28)19(32)25-14(21(34)35)8-11-4-2-1-3-5-11/h1-5,12-15,27H,6-10,22H2,(H2,23,28)(H,24,33)(H,25,32)(H,26,31)(H,29,30)(H,34,35). The molecule has 1 rings (SSSR count). The smallest absolute Gasteiger partial charge is 0.326 e. The highest BCUT2D eigenvalue weighted by Crippen LogP contribution is 2.05. The van der Waals surface area contributed by atoms with Crippen LogP contribution in [0, 0.1) is 0 Å². The van der Waals surface area contributed by atoms with Crippen molar-refractivity contribution < 1.29 is 44.1 Å². The molecule has 10 N–H and O–H groups in total. The predicted octanol–water partition coefficient (Wildman–Crippen LogP) is -3.17. The summed E-state index contributed by atoms with van der Waals surface area (Å²) >= 11 is 0. The van der Waals surface area contributed by atoms with Gasteiger partial charge in [0.25, 0.3) is 0 Å². The van der Waals surface area contributed by atoms with Crippen molar-refractivity contribution >= 4 is 35.6 Å². The number of aliphatic hydroxyl groups is 1. The average Bonchev–Trinajstić information content (AvgIpc) is 2.79. The van der Waals surface area contributed by atoms with Gasteiger partial charge in [0.15, 0.2) is 0 Å². The molecule has 1 aromatic rings. The van der Waals surface area contributed by atoms with Crippen LogP contribution in [-0.2, 0) is 35.2 Å². The number of nitrogens with one attached hydrogen (secondary N) is 3. The maximum Gasteiger partial charge on any atom is 0.326 e. The summed E-state index contributed by atoms with van der Waals surface area (Å²) in [4.78, 5) is 71.0. The minimum atomic E-state index is -1.61. The second kappa shape index (κ2) is 14.3. The van der Waals surface area contributed by atoms with E-state index in [2.05, 4.69) is 16.0 Å². The Morgan fingerprint density at radius 2 is 1.37 bits per heavy atom. The van der Waals surface area contributed by atoms with Gasteiger partial charge in [-0.1, -0.05) is 30.3 Å². The lowest BCUT2D eigenvalue weighted by atomic mass is 10.0. The number of rotatable bonds is 15. The van der Waals surface area contributed by atoms with Crippen LogP contribution >= 0.6 is 0 Å². The third kappa shape index (κ3) is 10.6. The monoisotopic (exact) mass is 495 g/mol. The third-order valence-corrected chi connectivity index (χ3v) is 4.76. The summed E-state index contributed by atoms with van der Waals surface area (Å²) in [5.74, 6) is -6.56. The van der Waals surface area contributed by atoms with E-state index in [1.165, 1.54) is 0 Å². The number of carbonyl (C=O) groups excluding carboxylic acids is 4. The molecule has 14 heteroatoms. The van der Waals surface area contributed by atoms with Crippen LogP contribution in [0.15, 0.2) is 30.3 Å². The summed E-state index contributed by atoms with van der Waals surface area (Å²) in [5.41, 5.74) is 11.3. The van der Waals surface area contributed by atoms with Crippen molar-refractivity contribution in [2.45, 2.75) is 49.9 Å². The molecular formula is C21H29N5O9. The zero-order chi connectivity index (χ0) is 26.5. The normalized spacial score (nSPS) is 14.0. The number of carboxylic acids is 2. The summed E-state index contributed by atoms with van der Waals surface area (Å²) < 4.78 is 0. The van der Waals surface area contributed by atoms with Crippen LogP contribution in [0.25, 0.3) is 0 Å². The molecule has 0 aromatic heterocycles. The Bertz CT molecular complexity index is 925. The molecule has 0 spiro atoms. The van der Waals surface area contributed by atoms with E-state index in [1.807, 2.05) is 0 Å². The highest BCUT2D eigenvalue weighted by atomic mass is 16.4. The Balaban J connectivity index is 2.88. The van der Waals surface area contributed by atoms with Gasteiger partial charge in [-0.05, 0) is 12.0 Å². The van der Waals surface area contributed by atoms with Gasteiger partial charge >= 0.3 is 11.9 Å². The van der Waals surface area contributed by atoms with E-state index in [4.69, 9.17) is 16.6 Å². The second-order valence-electron chi connectivity index (χ2n) is 7.60. The maximum atomic E-state index is 12.7. The molecule has 35 heavy (non-hydrogen) atoms. The number of carboxylic acid groups (broad SMARTS) is 2. The van der Waals surface area contributed by atoms with Gasteiger partial charge < -0.3 is 42.7 Å². The molecule has 0 fully saturated rings. The molecular weight excluding hydrogens is 466 g/mol. The molecule has 0 aliphatic rings. The molecule has 192 valence electrons. The lowest BCUT2D eigenvalue weighted by molar-refractivity contribution is -0.142. The van der Waals surface area contributed by atoms with Gasteiger partial charge in [-0.25, -0.2) is 4.79 Å². The maximum absolute atomic E-state index is 12.7. The lowest BCUT2D eigenvalue weighted by Gasteiger charge is -2.24. The molecule has 4 unspecified atom stereocenters. The van der Waals surface area contributed by atoms with Crippen LogP contribution < -0.4 is 27.4 Å². The molecule has 1 aromatic carbocycles. The lowest BCUT2D eigenvalue weighted by Crippen LogP contribution is -2.58. The number of carbonyl (C=O) groups is 6. The number of hydrogen-bond acceptors (Lipinski definition) is 8. The van der Waals surface area contributed by atoms with Gasteiger partial charge in [-0.2, -0.15) is 0 Å². The largest absolute Gasteiger partial charge is 0.481 e. The Morgan fingerprint density at radius 1 is 0.829 bits per heavy atom. The van der Waals surface area contributed by atoms with Crippen molar-refractivity contribution in [3.63, 3.8) is 0 Å². The zero-order valence-corrected chi connectivity index (χ0v) is 18.7. The van der Waals surface area contributed by atoms with Crippen LogP contribution in [0.1, 0.15) is 24.8 Å². The van der Waals surface area contributed by atoms with Gasteiger partial charge in [0, 0.05) is 12.8 Å². The van der Waals surface area contributed by atoms with Gasteiger partial charge in [0.05, 0.1) is 19.1 Å². The van der Waals surface area contributed by atoms with E-state index in [1.54, 1.807) is 30.3 Å². The van der Waals surface area contributed by atoms with Crippen molar-refractivity contribution in [3.05, 3.63) is 35.9 Å². The van der Waals surface area contributed by atoms with E-state index in [0.717, 1.165) is 0 Å². The van der Waals surface area contributed by atoms with Crippen LogP contribution in [0.2, 0.25) is 0 Å². The number of aliphatic carboxylic acids is 2. The molecule has 14 nitrogen and oxygen atoms in total. The first-order valence-electron chi connectivity index (χ1n) is 10.5. The first kappa shape index (κ1) is 29.0. The second-order valence-corrected chi connectivity index (χ2v) is 7.60. The number of primary amides is 1. The fraction of sp³-hybridized carbons (Fsp3) is 0.429. The molecule has 0 saturated carbocycles. The number of amides is 4. The summed E-state index contributed by atoms with van der Waals surface area (Å²) in [6.07, 6.45) is -1.41. The minimum absolute atomic E-state index is 0.0806. The van der Waals surface area contributed by atoms with E-state index >= 15 is 0 Å². The fourth-order valence-electron chi connectivity index (χ4n) is 2.89. The topological polar surface area (TPSA) is 251 Å². The first-order valence-corrected chi connectivity index (χ1v) is 10.5. The summed E-state index contributed by atoms with van der Waals surface area (Å²) in [7, 11) is 0. The van der Waals surface area contributed by atoms with Crippen molar-refractivity contribution in [2.75, 3.05) is 6.61 Å². The molecule has 4 atom stereocenters. The van der Waals surface area contributed by atoms with Crippen LogP contribution in [0.3, 0.4) is 0 Å². The number of aliphatic hydroxyl groups excluding tert-OH is 1. The molecule has 4 amide bonds. The SMILES string of the molecule is NC(=O)CC(NC(=O)C(CO)NC(=O)C(N)CCC(=O)O)C(=O)NC(Cc1ccccc1)C(=O)O. The Kier molecular flexibility index (Phi) is 11.8. The van der Waals surface area contributed by atoms with Crippen LogP contribution in [0.4, 0.5) is 0 Å². The van der Waals surface area contributed by atoms with E-state index in [-0.39, 0.29) is 12.8 Å². The van der Waals surface area contributed by atoms with Crippen molar-refractivity contribution in [2.24, 2.45) is 11.5 Å². The molecule has 0 radical (unpaired) electrons. The van der Waals surface area contributed by atoms with Crippen molar-refractivity contribution in [1.29, 1.82) is 0 Å². The molecule has 0 bridgehead atoms. The molecule has 0 aliphatic carbocycles.